The van der Waals surface area contributed by atoms with E-state index in [1.165, 1.54) is 0 Å². The lowest BCUT2D eigenvalue weighted by Crippen LogP contribution is -2.42. The van der Waals surface area contributed by atoms with Gasteiger partial charge in [0.05, 0.1) is 12.2 Å². The van der Waals surface area contributed by atoms with Crippen LogP contribution in [0.25, 0.3) is 10.8 Å². The minimum absolute atomic E-state index is 0.198. The molecule has 134 valence electrons. The third-order valence-corrected chi connectivity index (χ3v) is 4.87. The summed E-state index contributed by atoms with van der Waals surface area (Å²) >= 11 is 0. The number of ether oxygens (including phenoxy) is 3. The van der Waals surface area contributed by atoms with Gasteiger partial charge in [-0.15, -0.1) is 0 Å². The van der Waals surface area contributed by atoms with Crippen LogP contribution in [0.2, 0.25) is 0 Å². The summed E-state index contributed by atoms with van der Waals surface area (Å²) in [7, 11) is 0. The summed E-state index contributed by atoms with van der Waals surface area (Å²) in [5.41, 5.74) is 0.580. The van der Waals surface area contributed by atoms with E-state index in [-0.39, 0.29) is 30.5 Å². The lowest BCUT2D eigenvalue weighted by Gasteiger charge is -2.35. The van der Waals surface area contributed by atoms with Crippen LogP contribution in [0.1, 0.15) is 38.1 Å². The van der Waals surface area contributed by atoms with Crippen molar-refractivity contribution in [3.05, 3.63) is 48.0 Å². The summed E-state index contributed by atoms with van der Waals surface area (Å²) in [5, 5.41) is 1.92. The first kappa shape index (κ1) is 17.9. The lowest BCUT2D eigenvalue weighted by atomic mass is 9.91. The summed E-state index contributed by atoms with van der Waals surface area (Å²) in [4.78, 5) is 12.5. The second kappa shape index (κ2) is 7.14. The van der Waals surface area contributed by atoms with Crippen molar-refractivity contribution in [2.24, 2.45) is 11.8 Å². The van der Waals surface area contributed by atoms with E-state index in [4.69, 9.17) is 14.2 Å². The molecule has 0 spiro atoms. The van der Waals surface area contributed by atoms with Crippen molar-refractivity contribution in [1.82, 2.24) is 0 Å². The quantitative estimate of drug-likeness (QED) is 0.755. The third-order valence-electron chi connectivity index (χ3n) is 4.87. The highest BCUT2D eigenvalue weighted by Gasteiger charge is 2.47. The van der Waals surface area contributed by atoms with Crippen LogP contribution >= 0.6 is 0 Å². The van der Waals surface area contributed by atoms with E-state index < -0.39 is 5.79 Å². The molecule has 4 heteroatoms. The molecule has 1 atom stereocenters. The Morgan fingerprint density at radius 3 is 2.48 bits per heavy atom. The van der Waals surface area contributed by atoms with Gasteiger partial charge in [-0.2, -0.15) is 0 Å². The van der Waals surface area contributed by atoms with Gasteiger partial charge in [0.15, 0.2) is 5.79 Å². The number of benzene rings is 2. The fourth-order valence-corrected chi connectivity index (χ4v) is 3.56. The van der Waals surface area contributed by atoms with Crippen molar-refractivity contribution in [1.29, 1.82) is 0 Å². The number of hydrogen-bond donors (Lipinski definition) is 0. The number of rotatable bonds is 5. The van der Waals surface area contributed by atoms with E-state index >= 15 is 0 Å². The Hall–Kier alpha value is -1.91. The predicted octanol–water partition coefficient (Wildman–Crippen LogP) is 4.42. The number of carbonyl (C=O) groups is 1. The molecule has 0 aromatic heterocycles. The van der Waals surface area contributed by atoms with Gasteiger partial charge in [-0.1, -0.05) is 64.1 Å². The maximum absolute atomic E-state index is 12.5. The second-order valence-electron chi connectivity index (χ2n) is 7.21. The Kier molecular flexibility index (Phi) is 5.11. The summed E-state index contributed by atoms with van der Waals surface area (Å²) in [6.45, 7) is 8.99. The smallest absolute Gasteiger partial charge is 0.338 e. The molecule has 0 unspecified atom stereocenters. The predicted molar refractivity (Wildman–Crippen MR) is 97.5 cm³/mol. The van der Waals surface area contributed by atoms with Crippen molar-refractivity contribution < 1.29 is 19.0 Å². The van der Waals surface area contributed by atoms with Crippen LogP contribution in [0.3, 0.4) is 0 Å². The third kappa shape index (κ3) is 3.42. The molecule has 3 rings (SSSR count). The normalized spacial score (nSPS) is 19.7. The van der Waals surface area contributed by atoms with Gasteiger partial charge in [0.25, 0.3) is 0 Å². The summed E-state index contributed by atoms with van der Waals surface area (Å²) in [6.07, 6.45) is -0.233. The zero-order valence-corrected chi connectivity index (χ0v) is 15.3. The van der Waals surface area contributed by atoms with Crippen molar-refractivity contribution in [2.45, 2.75) is 39.6 Å². The second-order valence-corrected chi connectivity index (χ2v) is 7.21. The summed E-state index contributed by atoms with van der Waals surface area (Å²) in [6, 6.07) is 13.5. The minimum Gasteiger partial charge on any atom is -0.459 e. The monoisotopic (exact) mass is 342 g/mol. The minimum atomic E-state index is -0.601. The fraction of sp³-hybridized carbons (Fsp3) is 0.476. The van der Waals surface area contributed by atoms with Crippen LogP contribution in [-0.2, 0) is 14.2 Å². The van der Waals surface area contributed by atoms with Crippen LogP contribution in [0.15, 0.2) is 42.5 Å². The van der Waals surface area contributed by atoms with Gasteiger partial charge in [0.2, 0.25) is 0 Å². The van der Waals surface area contributed by atoms with Crippen LogP contribution in [-0.4, -0.2) is 31.1 Å². The maximum Gasteiger partial charge on any atom is 0.338 e. The highest BCUT2D eigenvalue weighted by atomic mass is 16.8. The zero-order valence-electron chi connectivity index (χ0n) is 15.3. The topological polar surface area (TPSA) is 44.8 Å². The molecule has 2 aromatic carbocycles. The number of esters is 1. The SMILES string of the molecule is CC(C)C1(C(C)C)OC[C@H](COC(=O)c2cccc3ccccc23)O1. The van der Waals surface area contributed by atoms with E-state index in [0.29, 0.717) is 12.2 Å². The van der Waals surface area contributed by atoms with E-state index in [1.807, 2.05) is 36.4 Å². The Morgan fingerprint density at radius 2 is 1.80 bits per heavy atom. The molecule has 1 fully saturated rings. The fourth-order valence-electron chi connectivity index (χ4n) is 3.56. The first-order chi connectivity index (χ1) is 11.9. The summed E-state index contributed by atoms with van der Waals surface area (Å²) < 4.78 is 17.6. The maximum atomic E-state index is 12.5. The highest BCUT2D eigenvalue weighted by Crippen LogP contribution is 2.37. The standard InChI is InChI=1S/C21H26O4/c1-14(2)21(15(3)4)24-13-17(25-21)12-23-20(22)19-11-7-9-16-8-5-6-10-18(16)19/h5-11,14-15,17H,12-13H2,1-4H3/t17-/m0/s1. The van der Waals surface area contributed by atoms with Gasteiger partial charge in [0.1, 0.15) is 12.7 Å². The molecule has 0 radical (unpaired) electrons. The Balaban J connectivity index is 1.67. The van der Waals surface area contributed by atoms with Gasteiger partial charge >= 0.3 is 5.97 Å². The molecule has 0 amide bonds. The molecule has 0 aliphatic carbocycles. The molecule has 1 aliphatic heterocycles. The van der Waals surface area contributed by atoms with Crippen LogP contribution in [0, 0.1) is 11.8 Å². The molecule has 2 aromatic rings. The molecule has 4 nitrogen and oxygen atoms in total. The number of carbonyl (C=O) groups excluding carboxylic acids is 1. The zero-order chi connectivity index (χ0) is 18.0. The molecular formula is C21H26O4. The largest absolute Gasteiger partial charge is 0.459 e. The first-order valence-corrected chi connectivity index (χ1v) is 8.90. The molecule has 0 bridgehead atoms. The Morgan fingerprint density at radius 1 is 1.12 bits per heavy atom. The van der Waals surface area contributed by atoms with Crippen LogP contribution in [0.4, 0.5) is 0 Å². The van der Waals surface area contributed by atoms with Crippen molar-refractivity contribution in [3.8, 4) is 0 Å². The van der Waals surface area contributed by atoms with Gasteiger partial charge in [0, 0.05) is 11.8 Å². The molecule has 1 saturated heterocycles. The van der Waals surface area contributed by atoms with Gasteiger partial charge in [-0.25, -0.2) is 4.79 Å². The Labute approximate surface area is 149 Å². The van der Waals surface area contributed by atoms with E-state index in [9.17, 15) is 4.79 Å². The molecule has 1 aliphatic rings. The van der Waals surface area contributed by atoms with E-state index in [1.54, 1.807) is 6.07 Å². The highest BCUT2D eigenvalue weighted by molar-refractivity contribution is 6.04. The molecule has 0 saturated carbocycles. The summed E-state index contributed by atoms with van der Waals surface area (Å²) in [5.74, 6) is -0.471. The average molecular weight is 342 g/mol. The molecule has 0 N–H and O–H groups in total. The van der Waals surface area contributed by atoms with E-state index in [2.05, 4.69) is 27.7 Å². The molecule has 1 heterocycles. The van der Waals surface area contributed by atoms with Crippen molar-refractivity contribution in [3.63, 3.8) is 0 Å². The van der Waals surface area contributed by atoms with Gasteiger partial charge < -0.3 is 14.2 Å². The first-order valence-electron chi connectivity index (χ1n) is 8.90. The Bertz CT molecular complexity index is 737. The lowest BCUT2D eigenvalue weighted by molar-refractivity contribution is -0.227. The molecular weight excluding hydrogens is 316 g/mol. The number of fused-ring (bicyclic) bond motifs is 1. The van der Waals surface area contributed by atoms with Crippen LogP contribution < -0.4 is 0 Å². The average Bonchev–Trinajstić information content (AvgIpc) is 3.05. The van der Waals surface area contributed by atoms with E-state index in [0.717, 1.165) is 10.8 Å². The van der Waals surface area contributed by atoms with Crippen LogP contribution in [0.5, 0.6) is 0 Å². The number of hydrogen-bond acceptors (Lipinski definition) is 4. The molecule has 25 heavy (non-hydrogen) atoms. The van der Waals surface area contributed by atoms with Gasteiger partial charge in [-0.05, 0) is 16.8 Å². The van der Waals surface area contributed by atoms with Gasteiger partial charge in [-0.3, -0.25) is 0 Å². The van der Waals surface area contributed by atoms with Crippen molar-refractivity contribution in [2.75, 3.05) is 13.2 Å². The van der Waals surface area contributed by atoms with Crippen molar-refractivity contribution >= 4 is 16.7 Å².